The molecule has 16 heavy (non-hydrogen) atoms. The number of benzene rings is 1. The molecule has 0 saturated heterocycles. The Bertz CT molecular complexity index is 425. The number of rotatable bonds is 4. The Balaban J connectivity index is 2.59. The van der Waals surface area contributed by atoms with E-state index in [1.165, 1.54) is 0 Å². The van der Waals surface area contributed by atoms with Crippen LogP contribution in [0.25, 0.3) is 0 Å². The Kier molecular flexibility index (Phi) is 5.44. The lowest BCUT2D eigenvalue weighted by molar-refractivity contribution is 0.0956. The van der Waals surface area contributed by atoms with Crippen molar-refractivity contribution >= 4 is 44.2 Å². The van der Waals surface area contributed by atoms with Gasteiger partial charge >= 0.3 is 0 Å². The molecular weight excluding hydrogens is 314 g/mol. The quantitative estimate of drug-likeness (QED) is 0.923. The van der Waals surface area contributed by atoms with Crippen molar-refractivity contribution in [2.75, 3.05) is 18.6 Å². The first kappa shape index (κ1) is 13.7. The van der Waals surface area contributed by atoms with Gasteiger partial charge in [0, 0.05) is 39.4 Å². The van der Waals surface area contributed by atoms with E-state index in [-0.39, 0.29) is 5.91 Å². The fourth-order valence-corrected chi connectivity index (χ4v) is 1.86. The van der Waals surface area contributed by atoms with Crippen molar-refractivity contribution in [3.05, 3.63) is 33.3 Å². The first-order valence-corrected chi connectivity index (χ1v) is 7.44. The van der Waals surface area contributed by atoms with Crippen LogP contribution in [0.2, 0.25) is 5.02 Å². The van der Waals surface area contributed by atoms with Crippen molar-refractivity contribution in [1.29, 1.82) is 0 Å². The average molecular weight is 325 g/mol. The average Bonchev–Trinajstić information content (AvgIpc) is 2.21. The summed E-state index contributed by atoms with van der Waals surface area (Å²) in [6, 6.07) is 4.98. The fraction of sp³-hybridized carbons (Fsp3) is 0.300. The summed E-state index contributed by atoms with van der Waals surface area (Å²) in [5.74, 6) is 0.246. The molecule has 0 spiro atoms. The third kappa shape index (κ3) is 4.23. The zero-order valence-electron chi connectivity index (χ0n) is 8.63. The van der Waals surface area contributed by atoms with Crippen molar-refractivity contribution in [2.45, 2.75) is 0 Å². The third-order valence-electron chi connectivity index (χ3n) is 1.86. The molecule has 1 atom stereocenters. The van der Waals surface area contributed by atoms with Crippen LogP contribution in [-0.2, 0) is 10.8 Å². The van der Waals surface area contributed by atoms with Gasteiger partial charge in [0.2, 0.25) is 0 Å². The summed E-state index contributed by atoms with van der Waals surface area (Å²) in [6.07, 6.45) is 1.60. The van der Waals surface area contributed by atoms with Crippen molar-refractivity contribution < 1.29 is 9.00 Å². The standard InChI is InChI=1S/C10H11BrClNO2S/c1-16(15)5-4-13-10(14)7-2-3-8(11)9(12)6-7/h2-3,6H,4-5H2,1H3,(H,13,14). The van der Waals surface area contributed by atoms with Crippen molar-refractivity contribution in [1.82, 2.24) is 5.32 Å². The molecule has 0 heterocycles. The smallest absolute Gasteiger partial charge is 0.251 e. The molecule has 0 aliphatic rings. The highest BCUT2D eigenvalue weighted by Gasteiger charge is 2.07. The highest BCUT2D eigenvalue weighted by Crippen LogP contribution is 2.22. The summed E-state index contributed by atoms with van der Waals surface area (Å²) in [4.78, 5) is 11.6. The number of hydrogen-bond acceptors (Lipinski definition) is 2. The van der Waals surface area contributed by atoms with E-state index in [0.717, 1.165) is 4.47 Å². The lowest BCUT2D eigenvalue weighted by Gasteiger charge is -2.05. The van der Waals surface area contributed by atoms with E-state index in [4.69, 9.17) is 11.6 Å². The lowest BCUT2D eigenvalue weighted by atomic mass is 10.2. The fourth-order valence-electron chi connectivity index (χ4n) is 1.05. The maximum absolute atomic E-state index is 11.6. The molecular formula is C10H11BrClNO2S. The van der Waals surface area contributed by atoms with Crippen LogP contribution in [0.15, 0.2) is 22.7 Å². The van der Waals surface area contributed by atoms with E-state index < -0.39 is 10.8 Å². The lowest BCUT2D eigenvalue weighted by Crippen LogP contribution is -2.27. The van der Waals surface area contributed by atoms with E-state index in [1.54, 1.807) is 24.5 Å². The number of carbonyl (C=O) groups excluding carboxylic acids is 1. The monoisotopic (exact) mass is 323 g/mol. The van der Waals surface area contributed by atoms with Gasteiger partial charge in [0.25, 0.3) is 5.91 Å². The molecule has 0 aliphatic carbocycles. The van der Waals surface area contributed by atoms with Crippen LogP contribution in [0, 0.1) is 0 Å². The highest BCUT2D eigenvalue weighted by molar-refractivity contribution is 9.10. The zero-order chi connectivity index (χ0) is 12.1. The number of halogens is 2. The van der Waals surface area contributed by atoms with Crippen LogP contribution in [0.1, 0.15) is 10.4 Å². The molecule has 0 bridgehead atoms. The zero-order valence-corrected chi connectivity index (χ0v) is 11.8. The second-order valence-electron chi connectivity index (χ2n) is 3.16. The molecule has 0 saturated carbocycles. The van der Waals surface area contributed by atoms with Gasteiger partial charge in [-0.1, -0.05) is 11.6 Å². The summed E-state index contributed by atoms with van der Waals surface area (Å²) >= 11 is 9.11. The van der Waals surface area contributed by atoms with E-state index in [0.29, 0.717) is 22.9 Å². The Morgan fingerprint density at radius 3 is 2.81 bits per heavy atom. The van der Waals surface area contributed by atoms with Gasteiger partial charge in [-0.05, 0) is 34.1 Å². The number of amides is 1. The normalized spacial score (nSPS) is 12.2. The van der Waals surface area contributed by atoms with Gasteiger partial charge in [-0.25, -0.2) is 0 Å². The topological polar surface area (TPSA) is 46.2 Å². The van der Waals surface area contributed by atoms with Gasteiger partial charge < -0.3 is 5.32 Å². The first-order valence-electron chi connectivity index (χ1n) is 4.54. The summed E-state index contributed by atoms with van der Waals surface area (Å²) in [5.41, 5.74) is 0.495. The molecule has 0 fully saturated rings. The van der Waals surface area contributed by atoms with Crippen molar-refractivity contribution in [3.8, 4) is 0 Å². The summed E-state index contributed by atoms with van der Waals surface area (Å²) in [5, 5.41) is 3.16. The van der Waals surface area contributed by atoms with Gasteiger partial charge in [0.1, 0.15) is 0 Å². The van der Waals surface area contributed by atoms with Gasteiger partial charge in [-0.15, -0.1) is 0 Å². The minimum atomic E-state index is -0.895. The predicted molar refractivity (Wildman–Crippen MR) is 70.4 cm³/mol. The number of nitrogens with one attached hydrogen (secondary N) is 1. The highest BCUT2D eigenvalue weighted by atomic mass is 79.9. The van der Waals surface area contributed by atoms with Crippen LogP contribution < -0.4 is 5.32 Å². The number of hydrogen-bond donors (Lipinski definition) is 1. The molecule has 88 valence electrons. The van der Waals surface area contributed by atoms with Crippen LogP contribution in [0.4, 0.5) is 0 Å². The molecule has 3 nitrogen and oxygen atoms in total. The Labute approximate surface area is 110 Å². The van der Waals surface area contributed by atoms with Crippen LogP contribution in [0.5, 0.6) is 0 Å². The molecule has 1 amide bonds. The second-order valence-corrected chi connectivity index (χ2v) is 5.98. The molecule has 1 rings (SSSR count). The van der Waals surface area contributed by atoms with E-state index in [2.05, 4.69) is 21.2 Å². The number of carbonyl (C=O) groups is 1. The Hall–Kier alpha value is -0.390. The minimum absolute atomic E-state index is 0.208. The molecule has 1 N–H and O–H groups in total. The summed E-state index contributed by atoms with van der Waals surface area (Å²) in [7, 11) is -0.895. The largest absolute Gasteiger partial charge is 0.351 e. The first-order chi connectivity index (χ1) is 7.50. The molecule has 0 aliphatic heterocycles. The molecule has 1 aromatic carbocycles. The van der Waals surface area contributed by atoms with E-state index in [9.17, 15) is 9.00 Å². The van der Waals surface area contributed by atoms with Gasteiger partial charge in [-0.3, -0.25) is 9.00 Å². The second kappa shape index (κ2) is 6.37. The van der Waals surface area contributed by atoms with Crippen LogP contribution in [0.3, 0.4) is 0 Å². The SMILES string of the molecule is CS(=O)CCNC(=O)c1ccc(Br)c(Cl)c1. The summed E-state index contributed by atoms with van der Waals surface area (Å²) in [6.45, 7) is 0.398. The van der Waals surface area contributed by atoms with E-state index in [1.807, 2.05) is 0 Å². The molecule has 1 aromatic rings. The maximum atomic E-state index is 11.6. The van der Waals surface area contributed by atoms with Crippen LogP contribution in [-0.4, -0.2) is 28.7 Å². The molecule has 1 unspecified atom stereocenters. The van der Waals surface area contributed by atoms with Crippen molar-refractivity contribution in [3.63, 3.8) is 0 Å². The van der Waals surface area contributed by atoms with Gasteiger partial charge in [-0.2, -0.15) is 0 Å². The van der Waals surface area contributed by atoms with Crippen LogP contribution >= 0.6 is 27.5 Å². The predicted octanol–water partition coefficient (Wildman–Crippen LogP) is 2.21. The van der Waals surface area contributed by atoms with Crippen molar-refractivity contribution in [2.24, 2.45) is 0 Å². The van der Waals surface area contributed by atoms with E-state index >= 15 is 0 Å². The van der Waals surface area contributed by atoms with Gasteiger partial charge in [0.05, 0.1) is 5.02 Å². The molecule has 0 aromatic heterocycles. The minimum Gasteiger partial charge on any atom is -0.351 e. The molecule has 0 radical (unpaired) electrons. The Morgan fingerprint density at radius 2 is 2.25 bits per heavy atom. The maximum Gasteiger partial charge on any atom is 0.251 e. The summed E-state index contributed by atoms with van der Waals surface area (Å²) < 4.78 is 11.5. The third-order valence-corrected chi connectivity index (χ3v) is 3.87. The Morgan fingerprint density at radius 1 is 1.56 bits per heavy atom. The molecule has 6 heteroatoms. The van der Waals surface area contributed by atoms with Gasteiger partial charge in [0.15, 0.2) is 0 Å².